The highest BCUT2D eigenvalue weighted by Crippen LogP contribution is 2.34. The van der Waals surface area contributed by atoms with Crippen LogP contribution in [0.2, 0.25) is 0 Å². The van der Waals surface area contributed by atoms with Crippen LogP contribution in [-0.2, 0) is 4.74 Å². The molecule has 2 rings (SSSR count). The second-order valence-electron chi connectivity index (χ2n) is 4.32. The van der Waals surface area contributed by atoms with Gasteiger partial charge in [0.2, 0.25) is 0 Å². The van der Waals surface area contributed by atoms with E-state index in [2.05, 4.69) is 4.98 Å². The molecule has 0 radical (unpaired) electrons. The van der Waals surface area contributed by atoms with Gasteiger partial charge in [-0.1, -0.05) is 23.9 Å². The molecule has 0 aliphatic heterocycles. The van der Waals surface area contributed by atoms with Crippen LogP contribution in [0.3, 0.4) is 0 Å². The predicted octanol–water partition coefficient (Wildman–Crippen LogP) is 4.24. The van der Waals surface area contributed by atoms with Crippen molar-refractivity contribution in [3.8, 4) is 10.4 Å². The summed E-state index contributed by atoms with van der Waals surface area (Å²) in [6.45, 7) is 3.58. The van der Waals surface area contributed by atoms with E-state index in [4.69, 9.17) is 4.74 Å². The summed E-state index contributed by atoms with van der Waals surface area (Å²) in [7, 11) is 0. The minimum atomic E-state index is -0.448. The number of esters is 1. The first kappa shape index (κ1) is 15.0. The molecule has 0 aliphatic carbocycles. The third-order valence-corrected chi connectivity index (χ3v) is 4.51. The number of carbonyl (C=O) groups is 1. The minimum absolute atomic E-state index is 0.206. The van der Waals surface area contributed by atoms with Crippen molar-refractivity contribution in [2.75, 3.05) is 6.26 Å². The van der Waals surface area contributed by atoms with Gasteiger partial charge in [-0.2, -0.15) is 0 Å². The fourth-order valence-electron chi connectivity index (χ4n) is 1.59. The third-order valence-electron chi connectivity index (χ3n) is 2.42. The Hall–Kier alpha value is -1.40. The molecule has 0 aliphatic rings. The monoisotopic (exact) mass is 311 g/mol. The number of hydrogen-bond acceptors (Lipinski definition) is 5. The Morgan fingerprint density at radius 1 is 1.35 bits per heavy atom. The number of halogens is 1. The van der Waals surface area contributed by atoms with E-state index in [1.54, 1.807) is 26.0 Å². The fraction of sp³-hybridized carbons (Fsp3) is 0.286. The van der Waals surface area contributed by atoms with Gasteiger partial charge in [0.25, 0.3) is 0 Å². The molecule has 1 aromatic carbocycles. The van der Waals surface area contributed by atoms with Gasteiger partial charge in [-0.05, 0) is 37.8 Å². The molecule has 6 heteroatoms. The van der Waals surface area contributed by atoms with Gasteiger partial charge in [-0.3, -0.25) is 0 Å². The first-order valence-corrected chi connectivity index (χ1v) is 8.07. The van der Waals surface area contributed by atoms with E-state index in [1.807, 2.05) is 6.26 Å². The Labute approximate surface area is 125 Å². The van der Waals surface area contributed by atoms with Crippen LogP contribution < -0.4 is 0 Å². The molecule has 0 atom stereocenters. The van der Waals surface area contributed by atoms with Crippen LogP contribution in [0.4, 0.5) is 4.39 Å². The summed E-state index contributed by atoms with van der Waals surface area (Å²) in [5.41, 5.74) is 1.06. The van der Waals surface area contributed by atoms with E-state index < -0.39 is 5.97 Å². The Bertz CT molecular complexity index is 608. The Kier molecular flexibility index (Phi) is 4.77. The van der Waals surface area contributed by atoms with E-state index in [9.17, 15) is 9.18 Å². The Morgan fingerprint density at radius 3 is 2.55 bits per heavy atom. The second kappa shape index (κ2) is 6.37. The molecule has 3 nitrogen and oxygen atoms in total. The zero-order valence-electron chi connectivity index (χ0n) is 11.3. The molecular formula is C14H14FNO2S2. The lowest BCUT2D eigenvalue weighted by atomic mass is 10.1. The zero-order valence-corrected chi connectivity index (χ0v) is 13.0. The van der Waals surface area contributed by atoms with Gasteiger partial charge in [0.1, 0.15) is 5.82 Å². The Balaban J connectivity index is 2.43. The fourth-order valence-corrected chi connectivity index (χ4v) is 3.15. The lowest BCUT2D eigenvalue weighted by Gasteiger charge is -2.07. The van der Waals surface area contributed by atoms with E-state index in [0.29, 0.717) is 10.6 Å². The van der Waals surface area contributed by atoms with E-state index >= 15 is 0 Å². The zero-order chi connectivity index (χ0) is 14.7. The molecule has 0 saturated carbocycles. The SMILES string of the molecule is CSc1nc(C(=O)OC(C)C)c(-c2ccc(F)cc2)s1. The lowest BCUT2D eigenvalue weighted by molar-refractivity contribution is 0.0372. The van der Waals surface area contributed by atoms with Crippen molar-refractivity contribution in [3.63, 3.8) is 0 Å². The van der Waals surface area contributed by atoms with Crippen molar-refractivity contribution in [2.45, 2.75) is 24.3 Å². The molecule has 20 heavy (non-hydrogen) atoms. The van der Waals surface area contributed by atoms with Crippen molar-refractivity contribution in [1.29, 1.82) is 0 Å². The molecular weight excluding hydrogens is 297 g/mol. The first-order chi connectivity index (χ1) is 9.51. The van der Waals surface area contributed by atoms with Crippen LogP contribution in [0.25, 0.3) is 10.4 Å². The standard InChI is InChI=1S/C14H14FNO2S2/c1-8(2)18-13(17)11-12(20-14(16-11)19-3)9-4-6-10(15)7-5-9/h4-8H,1-3H3. The quantitative estimate of drug-likeness (QED) is 0.625. The number of rotatable bonds is 4. The summed E-state index contributed by atoms with van der Waals surface area (Å²) in [6.07, 6.45) is 1.69. The summed E-state index contributed by atoms with van der Waals surface area (Å²) < 4.78 is 19.0. The van der Waals surface area contributed by atoms with Crippen molar-refractivity contribution < 1.29 is 13.9 Å². The van der Waals surface area contributed by atoms with Gasteiger partial charge in [0.05, 0.1) is 11.0 Å². The molecule has 0 fully saturated rings. The van der Waals surface area contributed by atoms with E-state index in [0.717, 1.165) is 9.90 Å². The van der Waals surface area contributed by atoms with Crippen LogP contribution in [-0.4, -0.2) is 23.3 Å². The summed E-state index contributed by atoms with van der Waals surface area (Å²) in [5, 5.41) is 0. The number of thiazole rings is 1. The second-order valence-corrected chi connectivity index (χ2v) is 6.38. The molecule has 0 N–H and O–H groups in total. The molecule has 2 aromatic rings. The van der Waals surface area contributed by atoms with E-state index in [-0.39, 0.29) is 11.9 Å². The summed E-state index contributed by atoms with van der Waals surface area (Å²) in [6, 6.07) is 6.01. The van der Waals surface area contributed by atoms with Gasteiger partial charge in [0.15, 0.2) is 10.0 Å². The maximum atomic E-state index is 13.0. The highest BCUT2D eigenvalue weighted by Gasteiger charge is 2.21. The highest BCUT2D eigenvalue weighted by molar-refractivity contribution is 8.00. The van der Waals surface area contributed by atoms with Crippen LogP contribution in [0.5, 0.6) is 0 Å². The summed E-state index contributed by atoms with van der Waals surface area (Å²) >= 11 is 2.87. The number of hydrogen-bond donors (Lipinski definition) is 0. The topological polar surface area (TPSA) is 39.2 Å². The predicted molar refractivity (Wildman–Crippen MR) is 79.8 cm³/mol. The normalized spacial score (nSPS) is 10.8. The van der Waals surface area contributed by atoms with Crippen molar-refractivity contribution in [3.05, 3.63) is 35.8 Å². The first-order valence-electron chi connectivity index (χ1n) is 6.03. The molecule has 106 valence electrons. The van der Waals surface area contributed by atoms with Crippen LogP contribution >= 0.6 is 23.1 Å². The molecule has 1 aromatic heterocycles. The van der Waals surface area contributed by atoms with Gasteiger partial charge in [-0.15, -0.1) is 11.3 Å². The van der Waals surface area contributed by atoms with Gasteiger partial charge in [-0.25, -0.2) is 14.2 Å². The maximum absolute atomic E-state index is 13.0. The largest absolute Gasteiger partial charge is 0.458 e. The number of aromatic nitrogens is 1. The molecule has 0 saturated heterocycles. The molecule has 1 heterocycles. The summed E-state index contributed by atoms with van der Waals surface area (Å²) in [5.74, 6) is -0.759. The number of benzene rings is 1. The smallest absolute Gasteiger partial charge is 0.358 e. The van der Waals surface area contributed by atoms with Gasteiger partial charge in [0, 0.05) is 0 Å². The van der Waals surface area contributed by atoms with Crippen LogP contribution in [0, 0.1) is 5.82 Å². The molecule has 0 spiro atoms. The molecule has 0 amide bonds. The van der Waals surface area contributed by atoms with Crippen molar-refractivity contribution >= 4 is 29.1 Å². The number of ether oxygens (including phenoxy) is 1. The average molecular weight is 311 g/mol. The third kappa shape index (κ3) is 3.37. The maximum Gasteiger partial charge on any atom is 0.358 e. The van der Waals surface area contributed by atoms with E-state index in [1.165, 1.54) is 35.2 Å². The van der Waals surface area contributed by atoms with Crippen molar-refractivity contribution in [2.24, 2.45) is 0 Å². The molecule has 0 bridgehead atoms. The lowest BCUT2D eigenvalue weighted by Crippen LogP contribution is -2.12. The summed E-state index contributed by atoms with van der Waals surface area (Å²) in [4.78, 5) is 17.1. The number of nitrogens with zero attached hydrogens (tertiary/aromatic N) is 1. The van der Waals surface area contributed by atoms with Crippen LogP contribution in [0.1, 0.15) is 24.3 Å². The average Bonchev–Trinajstić information content (AvgIpc) is 2.83. The van der Waals surface area contributed by atoms with Gasteiger partial charge >= 0.3 is 5.97 Å². The van der Waals surface area contributed by atoms with Crippen LogP contribution in [0.15, 0.2) is 28.6 Å². The van der Waals surface area contributed by atoms with Gasteiger partial charge < -0.3 is 4.74 Å². The van der Waals surface area contributed by atoms with Crippen molar-refractivity contribution in [1.82, 2.24) is 4.98 Å². The number of carbonyl (C=O) groups excluding carboxylic acids is 1. The minimum Gasteiger partial charge on any atom is -0.458 e. The highest BCUT2D eigenvalue weighted by atomic mass is 32.2. The Morgan fingerprint density at radius 2 is 2.00 bits per heavy atom. The molecule has 0 unspecified atom stereocenters. The number of thioether (sulfide) groups is 1.